The van der Waals surface area contributed by atoms with Gasteiger partial charge in [0.05, 0.1) is 0 Å². The lowest BCUT2D eigenvalue weighted by Crippen LogP contribution is -2.01. The van der Waals surface area contributed by atoms with Crippen LogP contribution in [0.4, 0.5) is 0 Å². The Labute approximate surface area is 91.3 Å². The summed E-state index contributed by atoms with van der Waals surface area (Å²) in [4.78, 5) is 18.6. The third kappa shape index (κ3) is 5.35. The maximum atomic E-state index is 11.5. The number of ketones is 1. The van der Waals surface area contributed by atoms with Crippen molar-refractivity contribution >= 4 is 5.78 Å². The molecular weight excluding hydrogens is 188 g/mol. The van der Waals surface area contributed by atoms with Gasteiger partial charge in [-0.2, -0.15) is 0 Å². The van der Waals surface area contributed by atoms with E-state index in [1.807, 2.05) is 0 Å². The highest BCUT2D eigenvalue weighted by atomic mass is 16.1. The average molecular weight is 208 g/mol. The minimum absolute atomic E-state index is 0.363. The first-order valence-electron chi connectivity index (χ1n) is 5.83. The molecule has 0 atom stereocenters. The second-order valence-corrected chi connectivity index (χ2v) is 3.89. The van der Waals surface area contributed by atoms with Gasteiger partial charge in [0.25, 0.3) is 0 Å². The van der Waals surface area contributed by atoms with Gasteiger partial charge in [-0.15, -0.1) is 0 Å². The van der Waals surface area contributed by atoms with E-state index in [0.29, 0.717) is 12.2 Å². The van der Waals surface area contributed by atoms with Crippen LogP contribution in [0.1, 0.15) is 51.3 Å². The molecule has 1 rings (SSSR count). The van der Waals surface area contributed by atoms with Crippen LogP contribution < -0.4 is 0 Å². The number of hydrogen-bond acceptors (Lipinski definition) is 2. The molecule has 84 valence electrons. The molecule has 15 heavy (non-hydrogen) atoms. The standard InChI is InChI=1S/C12H20N2O/c1-2-3-4-5-6-11(15)7-8-12-13-9-10-14-12/h9-10H,2-8H2,1H3,(H,13,14). The Kier molecular flexibility index (Phi) is 5.74. The Hall–Kier alpha value is -1.12. The average Bonchev–Trinajstić information content (AvgIpc) is 2.74. The van der Waals surface area contributed by atoms with E-state index in [0.717, 1.165) is 25.1 Å². The van der Waals surface area contributed by atoms with Gasteiger partial charge in [0.15, 0.2) is 0 Å². The molecule has 0 aliphatic carbocycles. The lowest BCUT2D eigenvalue weighted by Gasteiger charge is -1.99. The number of carbonyl (C=O) groups is 1. The SMILES string of the molecule is CCCCCCC(=O)CCc1ncc[nH]1. The van der Waals surface area contributed by atoms with Crippen molar-refractivity contribution in [1.29, 1.82) is 0 Å². The van der Waals surface area contributed by atoms with Crippen LogP contribution in [0.3, 0.4) is 0 Å². The number of aryl methyl sites for hydroxylation is 1. The molecule has 0 bridgehead atoms. The van der Waals surface area contributed by atoms with Gasteiger partial charge in [-0.05, 0) is 6.42 Å². The van der Waals surface area contributed by atoms with Crippen molar-refractivity contribution in [2.75, 3.05) is 0 Å². The van der Waals surface area contributed by atoms with Crippen LogP contribution in [0.5, 0.6) is 0 Å². The lowest BCUT2D eigenvalue weighted by atomic mass is 10.1. The summed E-state index contributed by atoms with van der Waals surface area (Å²) < 4.78 is 0. The van der Waals surface area contributed by atoms with Crippen molar-refractivity contribution in [1.82, 2.24) is 9.97 Å². The molecule has 1 heterocycles. The van der Waals surface area contributed by atoms with E-state index in [-0.39, 0.29) is 0 Å². The molecule has 3 nitrogen and oxygen atoms in total. The predicted octanol–water partition coefficient (Wildman–Crippen LogP) is 2.88. The van der Waals surface area contributed by atoms with Gasteiger partial charge in [-0.1, -0.05) is 26.2 Å². The molecule has 3 heteroatoms. The number of Topliss-reactive ketones (excluding diaryl/α,β-unsaturated/α-hetero) is 1. The number of imidazole rings is 1. The van der Waals surface area contributed by atoms with E-state index in [1.165, 1.54) is 19.3 Å². The molecular formula is C12H20N2O. The molecule has 1 N–H and O–H groups in total. The summed E-state index contributed by atoms with van der Waals surface area (Å²) in [5.41, 5.74) is 0. The molecule has 0 saturated carbocycles. The van der Waals surface area contributed by atoms with Gasteiger partial charge in [0, 0.05) is 31.7 Å². The number of nitrogens with one attached hydrogen (secondary N) is 1. The number of aromatic nitrogens is 2. The highest BCUT2D eigenvalue weighted by molar-refractivity contribution is 5.78. The largest absolute Gasteiger partial charge is 0.349 e. The molecule has 1 aromatic heterocycles. The number of carbonyl (C=O) groups excluding carboxylic acids is 1. The zero-order chi connectivity index (χ0) is 10.9. The predicted molar refractivity (Wildman–Crippen MR) is 60.7 cm³/mol. The fraction of sp³-hybridized carbons (Fsp3) is 0.667. The summed E-state index contributed by atoms with van der Waals surface area (Å²) in [6.45, 7) is 2.18. The van der Waals surface area contributed by atoms with Crippen LogP contribution in [0.2, 0.25) is 0 Å². The number of rotatable bonds is 8. The van der Waals surface area contributed by atoms with E-state index >= 15 is 0 Å². The molecule has 0 amide bonds. The highest BCUT2D eigenvalue weighted by Crippen LogP contribution is 2.05. The van der Waals surface area contributed by atoms with Gasteiger partial charge in [0.2, 0.25) is 0 Å². The Morgan fingerprint density at radius 2 is 2.20 bits per heavy atom. The summed E-state index contributed by atoms with van der Waals surface area (Å²) in [6.07, 6.45) is 10.3. The number of H-pyrrole nitrogens is 1. The molecule has 0 radical (unpaired) electrons. The van der Waals surface area contributed by atoms with Gasteiger partial charge in [0.1, 0.15) is 11.6 Å². The fourth-order valence-electron chi connectivity index (χ4n) is 1.57. The second kappa shape index (κ2) is 7.21. The van der Waals surface area contributed by atoms with Gasteiger partial charge in [-0.3, -0.25) is 4.79 Å². The molecule has 0 aromatic carbocycles. The molecule has 0 aliphatic heterocycles. The molecule has 0 aliphatic rings. The minimum Gasteiger partial charge on any atom is -0.349 e. The Morgan fingerprint density at radius 1 is 1.33 bits per heavy atom. The monoisotopic (exact) mass is 208 g/mol. The van der Waals surface area contributed by atoms with Crippen LogP contribution in [0.25, 0.3) is 0 Å². The fourth-order valence-corrected chi connectivity index (χ4v) is 1.57. The van der Waals surface area contributed by atoms with Crippen LogP contribution in [0.15, 0.2) is 12.4 Å². The first kappa shape index (κ1) is 12.0. The van der Waals surface area contributed by atoms with Crippen LogP contribution in [-0.4, -0.2) is 15.8 Å². The summed E-state index contributed by atoms with van der Waals surface area (Å²) in [6, 6.07) is 0. The lowest BCUT2D eigenvalue weighted by molar-refractivity contribution is -0.119. The Bertz CT molecular complexity index is 267. The second-order valence-electron chi connectivity index (χ2n) is 3.89. The van der Waals surface area contributed by atoms with Gasteiger partial charge >= 0.3 is 0 Å². The Balaban J connectivity index is 2.04. The zero-order valence-corrected chi connectivity index (χ0v) is 9.46. The number of nitrogens with zero attached hydrogens (tertiary/aromatic N) is 1. The van der Waals surface area contributed by atoms with Crippen molar-refractivity contribution in [2.45, 2.75) is 51.9 Å². The van der Waals surface area contributed by atoms with E-state index in [4.69, 9.17) is 0 Å². The van der Waals surface area contributed by atoms with Crippen LogP contribution >= 0.6 is 0 Å². The van der Waals surface area contributed by atoms with Crippen LogP contribution in [0, 0.1) is 0 Å². The van der Waals surface area contributed by atoms with Gasteiger partial charge in [-0.25, -0.2) is 4.98 Å². The molecule has 0 unspecified atom stereocenters. The van der Waals surface area contributed by atoms with Crippen molar-refractivity contribution < 1.29 is 4.79 Å². The van der Waals surface area contributed by atoms with Crippen molar-refractivity contribution in [3.05, 3.63) is 18.2 Å². The third-order valence-corrected chi connectivity index (χ3v) is 2.50. The van der Waals surface area contributed by atoms with E-state index in [1.54, 1.807) is 12.4 Å². The van der Waals surface area contributed by atoms with E-state index < -0.39 is 0 Å². The van der Waals surface area contributed by atoms with E-state index in [2.05, 4.69) is 16.9 Å². The first-order valence-corrected chi connectivity index (χ1v) is 5.83. The quantitative estimate of drug-likeness (QED) is 0.668. The van der Waals surface area contributed by atoms with Crippen molar-refractivity contribution in [2.24, 2.45) is 0 Å². The summed E-state index contributed by atoms with van der Waals surface area (Å²) in [7, 11) is 0. The summed E-state index contributed by atoms with van der Waals surface area (Å²) >= 11 is 0. The minimum atomic E-state index is 0.363. The number of hydrogen-bond donors (Lipinski definition) is 1. The van der Waals surface area contributed by atoms with E-state index in [9.17, 15) is 4.79 Å². The third-order valence-electron chi connectivity index (χ3n) is 2.50. The number of aromatic amines is 1. The van der Waals surface area contributed by atoms with Crippen LogP contribution in [-0.2, 0) is 11.2 Å². The highest BCUT2D eigenvalue weighted by Gasteiger charge is 2.03. The molecule has 0 fully saturated rings. The normalized spacial score (nSPS) is 10.5. The molecule has 0 spiro atoms. The zero-order valence-electron chi connectivity index (χ0n) is 9.46. The topological polar surface area (TPSA) is 45.8 Å². The first-order chi connectivity index (χ1) is 7.33. The summed E-state index contributed by atoms with van der Waals surface area (Å²) in [5, 5.41) is 0. The Morgan fingerprint density at radius 3 is 2.87 bits per heavy atom. The smallest absolute Gasteiger partial charge is 0.133 e. The molecule has 0 saturated heterocycles. The van der Waals surface area contributed by atoms with Crippen molar-refractivity contribution in [3.8, 4) is 0 Å². The maximum absolute atomic E-state index is 11.5. The maximum Gasteiger partial charge on any atom is 0.133 e. The number of unbranched alkanes of at least 4 members (excludes halogenated alkanes) is 3. The van der Waals surface area contributed by atoms with Gasteiger partial charge < -0.3 is 4.98 Å². The summed E-state index contributed by atoms with van der Waals surface area (Å²) in [5.74, 6) is 1.28. The van der Waals surface area contributed by atoms with Crippen molar-refractivity contribution in [3.63, 3.8) is 0 Å². The molecule has 1 aromatic rings.